The topological polar surface area (TPSA) is 75.8 Å². The summed E-state index contributed by atoms with van der Waals surface area (Å²) in [5.74, 6) is -0.00638. The molecule has 0 bridgehead atoms. The molecule has 1 rings (SSSR count). The minimum absolute atomic E-state index is 0.00638. The van der Waals surface area contributed by atoms with Gasteiger partial charge >= 0.3 is 0 Å². The van der Waals surface area contributed by atoms with Gasteiger partial charge in [-0.05, 0) is 26.7 Å². The number of rotatable bonds is 4. The number of hydrogen-bond donors (Lipinski definition) is 2. The van der Waals surface area contributed by atoms with Gasteiger partial charge in [-0.3, -0.25) is 4.79 Å². The lowest BCUT2D eigenvalue weighted by molar-refractivity contribution is -0.138. The number of aliphatic hydroxyl groups excluding tert-OH is 1. The van der Waals surface area contributed by atoms with Crippen molar-refractivity contribution in [3.05, 3.63) is 0 Å². The summed E-state index contributed by atoms with van der Waals surface area (Å²) in [7, 11) is 0. The smallest absolute Gasteiger partial charge is 0.242 e. The zero-order valence-electron chi connectivity index (χ0n) is 10.1. The molecular formula is C11H22N2O3. The summed E-state index contributed by atoms with van der Waals surface area (Å²) < 4.78 is 5.43. The first-order chi connectivity index (χ1) is 7.45. The second-order valence-electron chi connectivity index (χ2n) is 4.81. The molecule has 0 radical (unpaired) electrons. The monoisotopic (exact) mass is 230 g/mol. The van der Waals surface area contributed by atoms with Gasteiger partial charge in [0.15, 0.2) is 0 Å². The number of aliphatic hydroxyl groups is 1. The zero-order valence-corrected chi connectivity index (χ0v) is 10.1. The molecule has 1 aliphatic rings. The Morgan fingerprint density at radius 3 is 2.50 bits per heavy atom. The number of carbonyl (C=O) groups is 1. The molecule has 0 aromatic rings. The van der Waals surface area contributed by atoms with E-state index >= 15 is 0 Å². The van der Waals surface area contributed by atoms with E-state index in [-0.39, 0.29) is 18.6 Å². The molecule has 0 atom stereocenters. The van der Waals surface area contributed by atoms with E-state index in [0.29, 0.717) is 19.7 Å². The highest BCUT2D eigenvalue weighted by Crippen LogP contribution is 2.16. The Balaban J connectivity index is 2.34. The van der Waals surface area contributed by atoms with Gasteiger partial charge in [0, 0.05) is 13.1 Å². The third-order valence-electron chi connectivity index (χ3n) is 2.73. The van der Waals surface area contributed by atoms with Crippen molar-refractivity contribution in [2.45, 2.75) is 38.3 Å². The molecule has 0 aromatic carbocycles. The van der Waals surface area contributed by atoms with E-state index in [4.69, 9.17) is 15.6 Å². The van der Waals surface area contributed by atoms with Gasteiger partial charge in [-0.1, -0.05) is 0 Å². The molecule has 94 valence electrons. The Morgan fingerprint density at radius 2 is 2.06 bits per heavy atom. The summed E-state index contributed by atoms with van der Waals surface area (Å²) in [6.45, 7) is 5.26. The lowest BCUT2D eigenvalue weighted by Crippen LogP contribution is -2.53. The zero-order chi connectivity index (χ0) is 12.2. The molecule has 0 unspecified atom stereocenters. The predicted molar refractivity (Wildman–Crippen MR) is 60.9 cm³/mol. The van der Waals surface area contributed by atoms with Crippen LogP contribution in [0.15, 0.2) is 0 Å². The second-order valence-corrected chi connectivity index (χ2v) is 4.81. The van der Waals surface area contributed by atoms with Crippen LogP contribution in [-0.4, -0.2) is 53.9 Å². The fourth-order valence-electron chi connectivity index (χ4n) is 1.85. The standard InChI is InChI=1S/C11H22N2O3/c1-11(2,12)10(15)13-5-3-9(4-6-13)16-8-7-14/h9,14H,3-8,12H2,1-2H3. The number of piperidine rings is 1. The first-order valence-corrected chi connectivity index (χ1v) is 5.76. The van der Waals surface area contributed by atoms with E-state index < -0.39 is 5.54 Å². The molecule has 16 heavy (non-hydrogen) atoms. The van der Waals surface area contributed by atoms with Crippen LogP contribution in [0.5, 0.6) is 0 Å². The Kier molecular flexibility index (Phi) is 4.70. The molecule has 1 heterocycles. The first kappa shape index (κ1) is 13.4. The van der Waals surface area contributed by atoms with Gasteiger partial charge in [0.05, 0.1) is 24.9 Å². The van der Waals surface area contributed by atoms with Crippen LogP contribution < -0.4 is 5.73 Å². The summed E-state index contributed by atoms with van der Waals surface area (Å²) in [4.78, 5) is 13.7. The van der Waals surface area contributed by atoms with Gasteiger partial charge in [0.25, 0.3) is 0 Å². The van der Waals surface area contributed by atoms with Crippen molar-refractivity contribution in [2.24, 2.45) is 5.73 Å². The van der Waals surface area contributed by atoms with Crippen molar-refractivity contribution in [3.63, 3.8) is 0 Å². The van der Waals surface area contributed by atoms with E-state index in [1.807, 2.05) is 0 Å². The molecule has 0 spiro atoms. The van der Waals surface area contributed by atoms with Crippen LogP contribution in [0.3, 0.4) is 0 Å². The van der Waals surface area contributed by atoms with Gasteiger partial charge in [-0.2, -0.15) is 0 Å². The van der Waals surface area contributed by atoms with Gasteiger partial charge in [0.2, 0.25) is 5.91 Å². The Morgan fingerprint density at radius 1 is 1.50 bits per heavy atom. The Bertz CT molecular complexity index is 230. The summed E-state index contributed by atoms with van der Waals surface area (Å²) in [6, 6.07) is 0. The molecular weight excluding hydrogens is 208 g/mol. The van der Waals surface area contributed by atoms with Crippen LogP contribution in [0.1, 0.15) is 26.7 Å². The Labute approximate surface area is 96.6 Å². The highest BCUT2D eigenvalue weighted by molar-refractivity contribution is 5.85. The van der Waals surface area contributed by atoms with E-state index in [1.54, 1.807) is 18.7 Å². The molecule has 1 aliphatic heterocycles. The van der Waals surface area contributed by atoms with Crippen molar-refractivity contribution in [1.29, 1.82) is 0 Å². The Hall–Kier alpha value is -0.650. The van der Waals surface area contributed by atoms with Crippen molar-refractivity contribution in [3.8, 4) is 0 Å². The fourth-order valence-corrected chi connectivity index (χ4v) is 1.85. The molecule has 5 nitrogen and oxygen atoms in total. The number of hydrogen-bond acceptors (Lipinski definition) is 4. The second kappa shape index (κ2) is 5.61. The highest BCUT2D eigenvalue weighted by Gasteiger charge is 2.30. The van der Waals surface area contributed by atoms with Gasteiger partial charge in [-0.25, -0.2) is 0 Å². The quantitative estimate of drug-likeness (QED) is 0.696. The number of nitrogens with zero attached hydrogens (tertiary/aromatic N) is 1. The molecule has 0 aliphatic carbocycles. The summed E-state index contributed by atoms with van der Waals surface area (Å²) in [6.07, 6.45) is 1.81. The van der Waals surface area contributed by atoms with Crippen LogP contribution >= 0.6 is 0 Å². The number of nitrogens with two attached hydrogens (primary N) is 1. The SMILES string of the molecule is CC(C)(N)C(=O)N1CCC(OCCO)CC1. The van der Waals surface area contributed by atoms with Gasteiger partial charge in [-0.15, -0.1) is 0 Å². The normalized spacial score (nSPS) is 18.9. The van der Waals surface area contributed by atoms with E-state index in [9.17, 15) is 4.79 Å². The fraction of sp³-hybridized carbons (Fsp3) is 0.909. The molecule has 1 fully saturated rings. The predicted octanol–water partition coefficient (Wildman–Crippen LogP) is -0.276. The molecule has 1 saturated heterocycles. The van der Waals surface area contributed by atoms with Gasteiger partial charge in [0.1, 0.15) is 0 Å². The van der Waals surface area contributed by atoms with E-state index in [2.05, 4.69) is 0 Å². The molecule has 0 saturated carbocycles. The first-order valence-electron chi connectivity index (χ1n) is 5.76. The van der Waals surface area contributed by atoms with Crippen molar-refractivity contribution < 1.29 is 14.6 Å². The van der Waals surface area contributed by atoms with Gasteiger partial charge < -0.3 is 20.5 Å². The maximum atomic E-state index is 11.9. The molecule has 5 heteroatoms. The van der Waals surface area contributed by atoms with Crippen molar-refractivity contribution in [1.82, 2.24) is 4.90 Å². The van der Waals surface area contributed by atoms with Crippen LogP contribution in [0.4, 0.5) is 0 Å². The van der Waals surface area contributed by atoms with Crippen LogP contribution in [-0.2, 0) is 9.53 Å². The number of carbonyl (C=O) groups excluding carboxylic acids is 1. The lowest BCUT2D eigenvalue weighted by atomic mass is 10.0. The number of likely N-dealkylation sites (tertiary alicyclic amines) is 1. The van der Waals surface area contributed by atoms with Crippen molar-refractivity contribution >= 4 is 5.91 Å². The van der Waals surface area contributed by atoms with Crippen LogP contribution in [0.25, 0.3) is 0 Å². The van der Waals surface area contributed by atoms with Crippen molar-refractivity contribution in [2.75, 3.05) is 26.3 Å². The highest BCUT2D eigenvalue weighted by atomic mass is 16.5. The summed E-state index contributed by atoms with van der Waals surface area (Å²) >= 11 is 0. The third-order valence-corrected chi connectivity index (χ3v) is 2.73. The maximum absolute atomic E-state index is 11.9. The van der Waals surface area contributed by atoms with E-state index in [1.165, 1.54) is 0 Å². The lowest BCUT2D eigenvalue weighted by Gasteiger charge is -2.35. The maximum Gasteiger partial charge on any atom is 0.242 e. The number of ether oxygens (including phenoxy) is 1. The minimum Gasteiger partial charge on any atom is -0.394 e. The number of amides is 1. The summed E-state index contributed by atoms with van der Waals surface area (Å²) in [5, 5.41) is 8.64. The average molecular weight is 230 g/mol. The van der Waals surface area contributed by atoms with E-state index in [0.717, 1.165) is 12.8 Å². The molecule has 1 amide bonds. The largest absolute Gasteiger partial charge is 0.394 e. The molecule has 0 aromatic heterocycles. The summed E-state index contributed by atoms with van der Waals surface area (Å²) in [5.41, 5.74) is 4.98. The molecule has 3 N–H and O–H groups in total. The average Bonchev–Trinajstić information content (AvgIpc) is 2.25. The van der Waals surface area contributed by atoms with Crippen LogP contribution in [0, 0.1) is 0 Å². The van der Waals surface area contributed by atoms with Crippen LogP contribution in [0.2, 0.25) is 0 Å². The third kappa shape index (κ3) is 3.73. The minimum atomic E-state index is -0.793.